The number of hydrogen-bond donors (Lipinski definition) is 2. The molecule has 30 heavy (non-hydrogen) atoms. The number of guanidine groups is 1. The number of aromatic nitrogens is 3. The number of rotatable bonds is 10. The second-order valence-electron chi connectivity index (χ2n) is 7.22. The van der Waals surface area contributed by atoms with Gasteiger partial charge < -0.3 is 24.7 Å². The molecule has 1 atom stereocenters. The topological polar surface area (TPSA) is 88.8 Å². The van der Waals surface area contributed by atoms with Crippen molar-refractivity contribution in [2.24, 2.45) is 12.0 Å². The Balaban J connectivity index is 1.66. The molecule has 0 bridgehead atoms. The predicted molar refractivity (Wildman–Crippen MR) is 119 cm³/mol. The standard InChI is InChI=1S/C20H33N7O2S/c1-16-24-25-19(26(16)2)15-23-20(21-7-5-10-28-3)22-14-17(18-6-4-13-30-18)27-8-11-29-12-9-27/h4,6,13,17H,5,7-12,14-15H2,1-3H3,(H2,21,22,23). The lowest BCUT2D eigenvalue weighted by molar-refractivity contribution is 0.0177. The fourth-order valence-corrected chi connectivity index (χ4v) is 4.17. The van der Waals surface area contributed by atoms with E-state index in [4.69, 9.17) is 14.5 Å². The second kappa shape index (κ2) is 12.0. The SMILES string of the molecule is COCCCNC(=NCc1nnc(C)n1C)NCC(c1cccs1)N1CCOCC1. The molecule has 166 valence electrons. The third-order valence-corrected chi connectivity index (χ3v) is 6.17. The summed E-state index contributed by atoms with van der Waals surface area (Å²) in [4.78, 5) is 8.59. The molecule has 0 saturated carbocycles. The maximum Gasteiger partial charge on any atom is 0.191 e. The molecule has 1 aliphatic heterocycles. The van der Waals surface area contributed by atoms with Crippen LogP contribution in [0.25, 0.3) is 0 Å². The Labute approximate surface area is 182 Å². The van der Waals surface area contributed by atoms with Crippen LogP contribution in [0.2, 0.25) is 0 Å². The molecule has 3 heterocycles. The summed E-state index contributed by atoms with van der Waals surface area (Å²) >= 11 is 1.79. The van der Waals surface area contributed by atoms with Gasteiger partial charge in [0.1, 0.15) is 12.4 Å². The van der Waals surface area contributed by atoms with Gasteiger partial charge in [-0.3, -0.25) is 4.90 Å². The van der Waals surface area contributed by atoms with Crippen molar-refractivity contribution in [3.8, 4) is 0 Å². The first-order valence-electron chi connectivity index (χ1n) is 10.4. The fourth-order valence-electron chi connectivity index (χ4n) is 3.31. The minimum Gasteiger partial charge on any atom is -0.385 e. The lowest BCUT2D eigenvalue weighted by Gasteiger charge is -2.34. The first-order valence-corrected chi connectivity index (χ1v) is 11.3. The minimum atomic E-state index is 0.289. The molecule has 10 heteroatoms. The molecule has 0 radical (unpaired) electrons. The molecule has 1 saturated heterocycles. The van der Waals surface area contributed by atoms with Gasteiger partial charge in [0.15, 0.2) is 11.8 Å². The first-order chi connectivity index (χ1) is 14.7. The van der Waals surface area contributed by atoms with Crippen molar-refractivity contribution < 1.29 is 9.47 Å². The number of nitrogens with zero attached hydrogens (tertiary/aromatic N) is 5. The van der Waals surface area contributed by atoms with Crippen molar-refractivity contribution in [1.29, 1.82) is 0 Å². The first kappa shape index (κ1) is 22.7. The number of thiophene rings is 1. The molecule has 0 amide bonds. The molecule has 0 aromatic carbocycles. The van der Waals surface area contributed by atoms with Crippen LogP contribution in [-0.4, -0.2) is 78.7 Å². The highest BCUT2D eigenvalue weighted by Crippen LogP contribution is 2.25. The van der Waals surface area contributed by atoms with Gasteiger partial charge in [-0.2, -0.15) is 0 Å². The quantitative estimate of drug-likeness (QED) is 0.331. The van der Waals surface area contributed by atoms with Gasteiger partial charge in [0, 0.05) is 51.8 Å². The van der Waals surface area contributed by atoms with Crippen molar-refractivity contribution in [3.05, 3.63) is 34.0 Å². The van der Waals surface area contributed by atoms with E-state index in [0.29, 0.717) is 13.2 Å². The van der Waals surface area contributed by atoms with Gasteiger partial charge in [-0.15, -0.1) is 21.5 Å². The van der Waals surface area contributed by atoms with Gasteiger partial charge in [0.2, 0.25) is 0 Å². The smallest absolute Gasteiger partial charge is 0.191 e. The Hall–Kier alpha value is -2.01. The van der Waals surface area contributed by atoms with E-state index in [1.165, 1.54) is 4.88 Å². The fraction of sp³-hybridized carbons (Fsp3) is 0.650. The molecule has 9 nitrogen and oxygen atoms in total. The van der Waals surface area contributed by atoms with Crippen LogP contribution >= 0.6 is 11.3 Å². The van der Waals surface area contributed by atoms with Crippen LogP contribution in [0.4, 0.5) is 0 Å². The zero-order valence-electron chi connectivity index (χ0n) is 18.1. The summed E-state index contributed by atoms with van der Waals surface area (Å²) in [5, 5.41) is 17.4. The van der Waals surface area contributed by atoms with E-state index in [0.717, 1.165) is 63.4 Å². The van der Waals surface area contributed by atoms with E-state index < -0.39 is 0 Å². The average Bonchev–Trinajstić information content (AvgIpc) is 3.41. The van der Waals surface area contributed by atoms with Crippen LogP contribution in [0.3, 0.4) is 0 Å². The predicted octanol–water partition coefficient (Wildman–Crippen LogP) is 1.33. The Morgan fingerprint density at radius 2 is 2.17 bits per heavy atom. The average molecular weight is 436 g/mol. The summed E-state index contributed by atoms with van der Waals surface area (Å²) in [5.74, 6) is 2.50. The van der Waals surface area contributed by atoms with E-state index in [-0.39, 0.29) is 6.04 Å². The lowest BCUT2D eigenvalue weighted by Crippen LogP contribution is -2.46. The normalized spacial score (nSPS) is 16.6. The number of aryl methyl sites for hydroxylation is 1. The summed E-state index contributed by atoms with van der Waals surface area (Å²) in [6, 6.07) is 4.61. The molecule has 2 aromatic heterocycles. The third kappa shape index (κ3) is 6.49. The second-order valence-corrected chi connectivity index (χ2v) is 8.20. The number of nitrogens with one attached hydrogen (secondary N) is 2. The van der Waals surface area contributed by atoms with Gasteiger partial charge in [0.05, 0.1) is 19.3 Å². The molecule has 1 aliphatic rings. The Morgan fingerprint density at radius 1 is 1.33 bits per heavy atom. The van der Waals surface area contributed by atoms with Gasteiger partial charge in [-0.05, 0) is 24.8 Å². The number of methoxy groups -OCH3 is 1. The van der Waals surface area contributed by atoms with Crippen LogP contribution in [0.1, 0.15) is 29.0 Å². The summed E-state index contributed by atoms with van der Waals surface area (Å²) < 4.78 is 12.7. The summed E-state index contributed by atoms with van der Waals surface area (Å²) in [6.07, 6.45) is 0.915. The molecule has 1 fully saturated rings. The van der Waals surface area contributed by atoms with Crippen molar-refractivity contribution >= 4 is 17.3 Å². The molecule has 0 aliphatic carbocycles. The van der Waals surface area contributed by atoms with Gasteiger partial charge in [-0.1, -0.05) is 6.07 Å². The zero-order chi connectivity index (χ0) is 21.2. The van der Waals surface area contributed by atoms with E-state index in [1.54, 1.807) is 18.4 Å². The van der Waals surface area contributed by atoms with Gasteiger partial charge >= 0.3 is 0 Å². The molecule has 2 aromatic rings. The highest BCUT2D eigenvalue weighted by molar-refractivity contribution is 7.10. The maximum atomic E-state index is 5.55. The summed E-state index contributed by atoms with van der Waals surface area (Å²) in [6.45, 7) is 8.13. The largest absolute Gasteiger partial charge is 0.385 e. The highest BCUT2D eigenvalue weighted by Gasteiger charge is 2.23. The van der Waals surface area contributed by atoms with Crippen molar-refractivity contribution in [3.63, 3.8) is 0 Å². The third-order valence-electron chi connectivity index (χ3n) is 5.20. The maximum absolute atomic E-state index is 5.55. The van der Waals surface area contributed by atoms with Crippen LogP contribution in [0.5, 0.6) is 0 Å². The summed E-state index contributed by atoms with van der Waals surface area (Å²) in [7, 11) is 3.68. The Bertz CT molecular complexity index is 772. The molecule has 2 N–H and O–H groups in total. The van der Waals surface area contributed by atoms with E-state index in [9.17, 15) is 0 Å². The van der Waals surface area contributed by atoms with Crippen LogP contribution in [0, 0.1) is 6.92 Å². The summed E-state index contributed by atoms with van der Waals surface area (Å²) in [5.41, 5.74) is 0. The van der Waals surface area contributed by atoms with E-state index in [2.05, 4.69) is 43.2 Å². The minimum absolute atomic E-state index is 0.289. The van der Waals surface area contributed by atoms with Crippen molar-refractivity contribution in [2.75, 3.05) is 53.1 Å². The lowest BCUT2D eigenvalue weighted by atomic mass is 10.2. The van der Waals surface area contributed by atoms with Crippen LogP contribution < -0.4 is 10.6 Å². The molecule has 3 rings (SSSR count). The van der Waals surface area contributed by atoms with Crippen LogP contribution in [0.15, 0.2) is 22.5 Å². The number of morpholine rings is 1. The van der Waals surface area contributed by atoms with Gasteiger partial charge in [0.25, 0.3) is 0 Å². The number of aliphatic imine (C=N–C) groups is 1. The van der Waals surface area contributed by atoms with E-state index in [1.807, 2.05) is 18.5 Å². The number of ether oxygens (including phenoxy) is 2. The monoisotopic (exact) mass is 435 g/mol. The molecule has 1 unspecified atom stereocenters. The van der Waals surface area contributed by atoms with Crippen molar-refractivity contribution in [1.82, 2.24) is 30.3 Å². The Morgan fingerprint density at radius 3 is 2.83 bits per heavy atom. The Kier molecular flexibility index (Phi) is 9.06. The van der Waals surface area contributed by atoms with Crippen molar-refractivity contribution in [2.45, 2.75) is 25.9 Å². The zero-order valence-corrected chi connectivity index (χ0v) is 19.0. The number of hydrogen-bond acceptors (Lipinski definition) is 7. The molecule has 0 spiro atoms. The highest BCUT2D eigenvalue weighted by atomic mass is 32.1. The van der Waals surface area contributed by atoms with Gasteiger partial charge in [-0.25, -0.2) is 4.99 Å². The van der Waals surface area contributed by atoms with E-state index >= 15 is 0 Å². The molecular weight excluding hydrogens is 402 g/mol. The molecular formula is C20H33N7O2S. The van der Waals surface area contributed by atoms with Crippen LogP contribution in [-0.2, 0) is 23.1 Å².